The Hall–Kier alpha value is -3.55. The molecule has 3 N–H and O–H groups in total. The largest absolute Gasteiger partial charge is 0.370 e. The highest BCUT2D eigenvalue weighted by molar-refractivity contribution is 6.00. The number of hydrogen-bond acceptors (Lipinski definition) is 5. The molecule has 0 spiro atoms. The topological polar surface area (TPSA) is 111 Å². The number of nitrogens with two attached hydrogens (primary N) is 1. The summed E-state index contributed by atoms with van der Waals surface area (Å²) in [7, 11) is 0. The van der Waals surface area contributed by atoms with Crippen LogP contribution in [-0.2, 0) is 4.79 Å². The summed E-state index contributed by atoms with van der Waals surface area (Å²) in [5.41, 5.74) is 6.33. The molecule has 0 saturated carbocycles. The normalized spacial score (nSPS) is 11.9. The van der Waals surface area contributed by atoms with Crippen LogP contribution in [0.3, 0.4) is 0 Å². The van der Waals surface area contributed by atoms with Crippen LogP contribution in [0.5, 0.6) is 0 Å². The highest BCUT2D eigenvalue weighted by Crippen LogP contribution is 2.32. The van der Waals surface area contributed by atoms with E-state index in [2.05, 4.69) is 10.3 Å². The molecule has 3 aromatic rings. The minimum absolute atomic E-state index is 0.0916. The fourth-order valence-corrected chi connectivity index (χ4v) is 2.59. The molecule has 0 saturated heterocycles. The second-order valence-corrected chi connectivity index (χ2v) is 5.34. The van der Waals surface area contributed by atoms with Crippen molar-refractivity contribution in [3.63, 3.8) is 0 Å². The van der Waals surface area contributed by atoms with E-state index in [9.17, 15) is 19.3 Å². The molecule has 0 unspecified atom stereocenters. The molecule has 1 aromatic heterocycles. The van der Waals surface area contributed by atoms with E-state index >= 15 is 0 Å². The Balaban J connectivity index is 2.06. The van der Waals surface area contributed by atoms with Gasteiger partial charge in [-0.3, -0.25) is 19.9 Å². The number of nitrogens with one attached hydrogen (secondary N) is 1. The zero-order valence-electron chi connectivity index (χ0n) is 12.8. The molecular weight excluding hydrogens is 327 g/mol. The van der Waals surface area contributed by atoms with Crippen LogP contribution in [0.25, 0.3) is 10.8 Å². The van der Waals surface area contributed by atoms with Gasteiger partial charge in [-0.2, -0.15) is 0 Å². The van der Waals surface area contributed by atoms with Crippen molar-refractivity contribution in [1.82, 2.24) is 4.98 Å². The van der Waals surface area contributed by atoms with E-state index in [-0.39, 0.29) is 5.69 Å². The number of halogens is 1. The van der Waals surface area contributed by atoms with Crippen LogP contribution in [0.15, 0.2) is 54.9 Å². The monoisotopic (exact) mass is 340 g/mol. The number of non-ortho nitro benzene ring substituents is 1. The molecule has 1 amide bonds. The summed E-state index contributed by atoms with van der Waals surface area (Å²) in [5.74, 6) is -1.09. The third kappa shape index (κ3) is 3.23. The number of amides is 1. The lowest BCUT2D eigenvalue weighted by molar-refractivity contribution is -0.383. The van der Waals surface area contributed by atoms with Gasteiger partial charge in [0.25, 0.3) is 5.69 Å². The van der Waals surface area contributed by atoms with Crippen molar-refractivity contribution in [2.45, 2.75) is 6.04 Å². The third-order valence-electron chi connectivity index (χ3n) is 3.78. The summed E-state index contributed by atoms with van der Waals surface area (Å²) in [5, 5.41) is 15.0. The highest BCUT2D eigenvalue weighted by Gasteiger charge is 2.21. The van der Waals surface area contributed by atoms with Gasteiger partial charge in [-0.05, 0) is 29.8 Å². The maximum absolute atomic E-state index is 13.1. The van der Waals surface area contributed by atoms with Gasteiger partial charge >= 0.3 is 0 Å². The molecule has 0 aliphatic carbocycles. The predicted molar refractivity (Wildman–Crippen MR) is 90.4 cm³/mol. The number of nitrogens with zero attached hydrogens (tertiary/aromatic N) is 2. The molecule has 7 nitrogen and oxygen atoms in total. The number of benzene rings is 2. The Morgan fingerprint density at radius 1 is 1.16 bits per heavy atom. The van der Waals surface area contributed by atoms with Crippen molar-refractivity contribution in [3.05, 3.63) is 76.4 Å². The Morgan fingerprint density at radius 2 is 1.88 bits per heavy atom. The van der Waals surface area contributed by atoms with Crippen LogP contribution < -0.4 is 11.1 Å². The van der Waals surface area contributed by atoms with Gasteiger partial charge in [-0.25, -0.2) is 4.39 Å². The zero-order valence-corrected chi connectivity index (χ0v) is 12.8. The quantitative estimate of drug-likeness (QED) is 0.548. The van der Waals surface area contributed by atoms with Gasteiger partial charge in [0, 0.05) is 29.5 Å². The average molecular weight is 340 g/mol. The standard InChI is InChI=1S/C17H13FN4O3/c18-11-3-1-10(2-4-11)16(17(19)23)21-14-5-6-15(22(24)25)13-9-20-8-7-12(13)14/h1-9,16,21H,(H2,19,23)/t16-/m1/s1. The number of hydrogen-bond donors (Lipinski definition) is 2. The first-order valence-corrected chi connectivity index (χ1v) is 7.30. The lowest BCUT2D eigenvalue weighted by Gasteiger charge is -2.18. The maximum Gasteiger partial charge on any atom is 0.278 e. The second kappa shape index (κ2) is 6.52. The molecule has 0 aliphatic heterocycles. The molecule has 3 rings (SSSR count). The van der Waals surface area contributed by atoms with Crippen molar-refractivity contribution in [1.29, 1.82) is 0 Å². The fourth-order valence-electron chi connectivity index (χ4n) is 2.59. The Kier molecular flexibility index (Phi) is 4.25. The summed E-state index contributed by atoms with van der Waals surface area (Å²) >= 11 is 0. The van der Waals surface area contributed by atoms with E-state index < -0.39 is 22.7 Å². The number of nitro groups is 1. The minimum atomic E-state index is -0.918. The van der Waals surface area contributed by atoms with E-state index in [1.165, 1.54) is 48.8 Å². The molecule has 0 radical (unpaired) electrons. The number of pyridine rings is 1. The number of anilines is 1. The van der Waals surface area contributed by atoms with E-state index in [0.29, 0.717) is 22.0 Å². The first kappa shape index (κ1) is 16.3. The summed E-state index contributed by atoms with van der Waals surface area (Å²) < 4.78 is 13.1. The van der Waals surface area contributed by atoms with Gasteiger partial charge in [0.05, 0.1) is 10.3 Å². The van der Waals surface area contributed by atoms with Gasteiger partial charge in [0.15, 0.2) is 0 Å². The fraction of sp³-hybridized carbons (Fsp3) is 0.0588. The van der Waals surface area contributed by atoms with E-state index in [0.717, 1.165) is 0 Å². The SMILES string of the molecule is NC(=O)[C@H](Nc1ccc([N+](=O)[O-])c2cnccc12)c1ccc(F)cc1. The van der Waals surface area contributed by atoms with E-state index in [4.69, 9.17) is 5.73 Å². The number of nitro benzene ring substituents is 1. The summed E-state index contributed by atoms with van der Waals surface area (Å²) in [4.78, 5) is 26.4. The molecule has 1 heterocycles. The molecule has 0 bridgehead atoms. The average Bonchev–Trinajstić information content (AvgIpc) is 2.60. The van der Waals surface area contributed by atoms with Crippen LogP contribution >= 0.6 is 0 Å². The maximum atomic E-state index is 13.1. The van der Waals surface area contributed by atoms with Gasteiger partial charge < -0.3 is 11.1 Å². The minimum Gasteiger partial charge on any atom is -0.370 e. The van der Waals surface area contributed by atoms with Gasteiger partial charge in [-0.15, -0.1) is 0 Å². The summed E-state index contributed by atoms with van der Waals surface area (Å²) in [6, 6.07) is 8.87. The summed E-state index contributed by atoms with van der Waals surface area (Å²) in [6.45, 7) is 0. The predicted octanol–water partition coefficient (Wildman–Crippen LogP) is 2.92. The number of primary amides is 1. The van der Waals surface area contributed by atoms with Crippen molar-refractivity contribution in [2.75, 3.05) is 5.32 Å². The molecule has 25 heavy (non-hydrogen) atoms. The third-order valence-corrected chi connectivity index (χ3v) is 3.78. The van der Waals surface area contributed by atoms with Crippen molar-refractivity contribution < 1.29 is 14.1 Å². The van der Waals surface area contributed by atoms with Crippen molar-refractivity contribution >= 4 is 28.1 Å². The zero-order chi connectivity index (χ0) is 18.0. The Morgan fingerprint density at radius 3 is 2.52 bits per heavy atom. The lowest BCUT2D eigenvalue weighted by atomic mass is 10.0. The van der Waals surface area contributed by atoms with Gasteiger partial charge in [-0.1, -0.05) is 12.1 Å². The van der Waals surface area contributed by atoms with Gasteiger partial charge in [0.1, 0.15) is 11.9 Å². The summed E-state index contributed by atoms with van der Waals surface area (Å²) in [6.07, 6.45) is 2.88. The number of fused-ring (bicyclic) bond motifs is 1. The Labute approximate surface area is 141 Å². The van der Waals surface area contributed by atoms with Crippen LogP contribution in [0, 0.1) is 15.9 Å². The first-order valence-electron chi connectivity index (χ1n) is 7.30. The van der Waals surface area contributed by atoms with Crippen LogP contribution in [-0.4, -0.2) is 15.8 Å². The van der Waals surface area contributed by atoms with Crippen molar-refractivity contribution in [3.8, 4) is 0 Å². The molecular formula is C17H13FN4O3. The molecule has 0 fully saturated rings. The number of carbonyl (C=O) groups is 1. The van der Waals surface area contributed by atoms with Crippen molar-refractivity contribution in [2.24, 2.45) is 5.73 Å². The molecule has 8 heteroatoms. The van der Waals surface area contributed by atoms with Crippen LogP contribution in [0.1, 0.15) is 11.6 Å². The number of rotatable bonds is 5. The van der Waals surface area contributed by atoms with Gasteiger partial charge in [0.2, 0.25) is 5.91 Å². The smallest absolute Gasteiger partial charge is 0.278 e. The van der Waals surface area contributed by atoms with E-state index in [1.807, 2.05) is 0 Å². The Bertz CT molecular complexity index is 960. The molecule has 126 valence electrons. The van der Waals surface area contributed by atoms with E-state index in [1.54, 1.807) is 6.07 Å². The van der Waals surface area contributed by atoms with Crippen LogP contribution in [0.2, 0.25) is 0 Å². The molecule has 0 aliphatic rings. The number of carbonyl (C=O) groups excluding carboxylic acids is 1. The second-order valence-electron chi connectivity index (χ2n) is 5.34. The highest BCUT2D eigenvalue weighted by atomic mass is 19.1. The molecule has 1 atom stereocenters. The number of aromatic nitrogens is 1. The molecule has 2 aromatic carbocycles. The lowest BCUT2D eigenvalue weighted by Crippen LogP contribution is -2.27. The van der Waals surface area contributed by atoms with Crippen LogP contribution in [0.4, 0.5) is 15.8 Å². The first-order chi connectivity index (χ1) is 12.0.